The fourth-order valence-electron chi connectivity index (χ4n) is 1.92. The molecule has 0 radical (unpaired) electrons. The lowest BCUT2D eigenvalue weighted by Gasteiger charge is -2.16. The number of benzene rings is 1. The highest BCUT2D eigenvalue weighted by Crippen LogP contribution is 2.20. The molecule has 2 atom stereocenters. The quantitative estimate of drug-likeness (QED) is 0.808. The molecule has 0 saturated heterocycles. The van der Waals surface area contributed by atoms with E-state index in [1.807, 2.05) is 27.0 Å². The summed E-state index contributed by atoms with van der Waals surface area (Å²) in [6, 6.07) is 7.25. The van der Waals surface area contributed by atoms with Gasteiger partial charge in [0.2, 0.25) is 10.0 Å². The summed E-state index contributed by atoms with van der Waals surface area (Å²) < 4.78 is 27.1. The van der Waals surface area contributed by atoms with Crippen molar-refractivity contribution in [3.63, 3.8) is 0 Å². The van der Waals surface area contributed by atoms with E-state index in [0.29, 0.717) is 4.90 Å². The average molecular weight is 284 g/mol. The van der Waals surface area contributed by atoms with Crippen LogP contribution in [0.2, 0.25) is 0 Å². The maximum Gasteiger partial charge on any atom is 0.240 e. The molecule has 0 aliphatic heterocycles. The van der Waals surface area contributed by atoms with E-state index in [0.717, 1.165) is 18.4 Å². The first-order valence-electron chi connectivity index (χ1n) is 6.74. The number of nitrogens with one attached hydrogen (secondary N) is 2. The summed E-state index contributed by atoms with van der Waals surface area (Å²) in [5.74, 6) is 0. The van der Waals surface area contributed by atoms with Crippen molar-refractivity contribution in [1.82, 2.24) is 10.0 Å². The van der Waals surface area contributed by atoms with Gasteiger partial charge in [0.15, 0.2) is 0 Å². The van der Waals surface area contributed by atoms with E-state index in [-0.39, 0.29) is 12.1 Å². The van der Waals surface area contributed by atoms with Gasteiger partial charge < -0.3 is 5.32 Å². The molecule has 0 spiro atoms. The lowest BCUT2D eigenvalue weighted by molar-refractivity contribution is 0.553. The molecule has 2 N–H and O–H groups in total. The molecule has 0 aliphatic rings. The molecule has 0 aliphatic carbocycles. The van der Waals surface area contributed by atoms with Crippen molar-refractivity contribution < 1.29 is 8.42 Å². The van der Waals surface area contributed by atoms with Crippen LogP contribution < -0.4 is 10.0 Å². The molecule has 1 aromatic rings. The Balaban J connectivity index is 3.05. The van der Waals surface area contributed by atoms with Crippen LogP contribution in [0.1, 0.15) is 45.2 Å². The summed E-state index contributed by atoms with van der Waals surface area (Å²) in [6.45, 7) is 5.89. The van der Waals surface area contributed by atoms with Crippen molar-refractivity contribution in [2.45, 2.75) is 50.6 Å². The molecule has 108 valence electrons. The van der Waals surface area contributed by atoms with Crippen LogP contribution in [-0.4, -0.2) is 21.5 Å². The molecule has 0 saturated carbocycles. The Bertz CT molecular complexity index is 496. The van der Waals surface area contributed by atoms with Gasteiger partial charge in [0, 0.05) is 12.1 Å². The molecule has 1 rings (SSSR count). The Morgan fingerprint density at radius 2 is 1.89 bits per heavy atom. The molecule has 1 aromatic carbocycles. The highest BCUT2D eigenvalue weighted by molar-refractivity contribution is 7.89. The van der Waals surface area contributed by atoms with E-state index >= 15 is 0 Å². The van der Waals surface area contributed by atoms with Gasteiger partial charge in [-0.15, -0.1) is 0 Å². The molecule has 0 aromatic heterocycles. The highest BCUT2D eigenvalue weighted by atomic mass is 32.2. The van der Waals surface area contributed by atoms with Gasteiger partial charge in [0.1, 0.15) is 0 Å². The monoisotopic (exact) mass is 284 g/mol. The van der Waals surface area contributed by atoms with Crippen LogP contribution in [0.5, 0.6) is 0 Å². The van der Waals surface area contributed by atoms with Crippen molar-refractivity contribution in [1.29, 1.82) is 0 Å². The van der Waals surface area contributed by atoms with Crippen LogP contribution >= 0.6 is 0 Å². The summed E-state index contributed by atoms with van der Waals surface area (Å²) in [4.78, 5) is 0.332. The van der Waals surface area contributed by atoms with Crippen LogP contribution in [0.15, 0.2) is 29.2 Å². The Morgan fingerprint density at radius 1 is 1.21 bits per heavy atom. The third-order valence-electron chi connectivity index (χ3n) is 3.30. The van der Waals surface area contributed by atoms with Crippen molar-refractivity contribution in [3.05, 3.63) is 29.8 Å². The van der Waals surface area contributed by atoms with Crippen LogP contribution in [0.3, 0.4) is 0 Å². The van der Waals surface area contributed by atoms with E-state index in [1.165, 1.54) is 0 Å². The van der Waals surface area contributed by atoms with Gasteiger partial charge in [0.05, 0.1) is 4.90 Å². The van der Waals surface area contributed by atoms with E-state index in [1.54, 1.807) is 18.2 Å². The van der Waals surface area contributed by atoms with E-state index in [4.69, 9.17) is 0 Å². The Kier molecular flexibility index (Phi) is 5.97. The minimum absolute atomic E-state index is 0.0556. The van der Waals surface area contributed by atoms with Crippen LogP contribution in [0.4, 0.5) is 0 Å². The van der Waals surface area contributed by atoms with Gasteiger partial charge in [-0.05, 0) is 44.5 Å². The molecule has 4 nitrogen and oxygen atoms in total. The summed E-state index contributed by atoms with van der Waals surface area (Å²) >= 11 is 0. The molecule has 0 heterocycles. The standard InChI is InChI=1S/C14H24N2O2S/c1-5-11(3)16-19(17,18)13-9-7-8-12(10-13)14(6-2)15-4/h7-11,14-16H,5-6H2,1-4H3. The third kappa shape index (κ3) is 4.30. The number of hydrogen-bond donors (Lipinski definition) is 2. The first-order chi connectivity index (χ1) is 8.94. The minimum atomic E-state index is -3.42. The Hall–Kier alpha value is -0.910. The predicted molar refractivity (Wildman–Crippen MR) is 78.6 cm³/mol. The number of hydrogen-bond acceptors (Lipinski definition) is 3. The normalized spacial score (nSPS) is 15.2. The second-order valence-corrected chi connectivity index (χ2v) is 6.47. The molecule has 19 heavy (non-hydrogen) atoms. The fraction of sp³-hybridized carbons (Fsp3) is 0.571. The molecule has 0 amide bonds. The third-order valence-corrected chi connectivity index (χ3v) is 4.88. The SMILES string of the molecule is CCC(C)NS(=O)(=O)c1cccc(C(CC)NC)c1. The molecule has 0 fully saturated rings. The number of rotatable bonds is 7. The second-order valence-electron chi connectivity index (χ2n) is 4.75. The van der Waals surface area contributed by atoms with E-state index < -0.39 is 10.0 Å². The molecular weight excluding hydrogens is 260 g/mol. The highest BCUT2D eigenvalue weighted by Gasteiger charge is 2.18. The van der Waals surface area contributed by atoms with Crippen molar-refractivity contribution in [2.75, 3.05) is 7.05 Å². The average Bonchev–Trinajstić information content (AvgIpc) is 2.40. The Morgan fingerprint density at radius 3 is 2.42 bits per heavy atom. The number of sulfonamides is 1. The first-order valence-corrected chi connectivity index (χ1v) is 8.22. The lowest BCUT2D eigenvalue weighted by atomic mass is 10.1. The van der Waals surface area contributed by atoms with Gasteiger partial charge in [-0.1, -0.05) is 26.0 Å². The van der Waals surface area contributed by atoms with Crippen molar-refractivity contribution >= 4 is 10.0 Å². The van der Waals surface area contributed by atoms with Crippen molar-refractivity contribution in [3.8, 4) is 0 Å². The zero-order chi connectivity index (χ0) is 14.5. The summed E-state index contributed by atoms with van der Waals surface area (Å²) in [6.07, 6.45) is 1.69. The predicted octanol–water partition coefficient (Wildman–Crippen LogP) is 2.43. The van der Waals surface area contributed by atoms with Crippen molar-refractivity contribution in [2.24, 2.45) is 0 Å². The topological polar surface area (TPSA) is 58.2 Å². The lowest BCUT2D eigenvalue weighted by Crippen LogP contribution is -2.32. The molecule has 2 unspecified atom stereocenters. The Labute approximate surface area is 116 Å². The maximum absolute atomic E-state index is 12.2. The molecule has 5 heteroatoms. The van der Waals surface area contributed by atoms with Gasteiger partial charge in [0.25, 0.3) is 0 Å². The fourth-order valence-corrected chi connectivity index (χ4v) is 3.30. The molecular formula is C14H24N2O2S. The van der Waals surface area contributed by atoms with Crippen LogP contribution in [-0.2, 0) is 10.0 Å². The van der Waals surface area contributed by atoms with Crippen LogP contribution in [0.25, 0.3) is 0 Å². The van der Waals surface area contributed by atoms with E-state index in [9.17, 15) is 8.42 Å². The minimum Gasteiger partial charge on any atom is -0.313 e. The molecule has 0 bridgehead atoms. The zero-order valence-corrected chi connectivity index (χ0v) is 12.9. The second kappa shape index (κ2) is 7.03. The summed E-state index contributed by atoms with van der Waals surface area (Å²) in [5, 5.41) is 3.18. The summed E-state index contributed by atoms with van der Waals surface area (Å²) in [7, 11) is -1.54. The zero-order valence-electron chi connectivity index (χ0n) is 12.1. The first kappa shape index (κ1) is 16.1. The van der Waals surface area contributed by atoms with E-state index in [2.05, 4.69) is 17.0 Å². The van der Waals surface area contributed by atoms with Crippen LogP contribution in [0, 0.1) is 0 Å². The van der Waals surface area contributed by atoms with Gasteiger partial charge in [-0.3, -0.25) is 0 Å². The smallest absolute Gasteiger partial charge is 0.240 e. The van der Waals surface area contributed by atoms with Gasteiger partial charge >= 0.3 is 0 Å². The largest absolute Gasteiger partial charge is 0.313 e. The summed E-state index contributed by atoms with van der Waals surface area (Å²) in [5.41, 5.74) is 0.997. The maximum atomic E-state index is 12.2. The van der Waals surface area contributed by atoms with Gasteiger partial charge in [-0.25, -0.2) is 13.1 Å². The van der Waals surface area contributed by atoms with Gasteiger partial charge in [-0.2, -0.15) is 0 Å².